The topological polar surface area (TPSA) is 104 Å². The highest BCUT2D eigenvalue weighted by molar-refractivity contribution is 5.95. The predicted molar refractivity (Wildman–Crippen MR) is 165 cm³/mol. The monoisotopic (exact) mass is 583 g/mol. The van der Waals surface area contributed by atoms with Crippen molar-refractivity contribution in [2.24, 2.45) is 50.2 Å². The van der Waals surface area contributed by atoms with E-state index in [0.717, 1.165) is 70.6 Å². The summed E-state index contributed by atoms with van der Waals surface area (Å²) < 4.78 is 0. The highest BCUT2D eigenvalue weighted by atomic mass is 16.4. The van der Waals surface area contributed by atoms with Crippen LogP contribution in [0.4, 0.5) is 0 Å². The van der Waals surface area contributed by atoms with E-state index in [1.807, 2.05) is 0 Å². The van der Waals surface area contributed by atoms with Gasteiger partial charge in [-0.2, -0.15) is 0 Å². The van der Waals surface area contributed by atoms with Crippen LogP contribution in [0.15, 0.2) is 11.6 Å². The summed E-state index contributed by atoms with van der Waals surface area (Å²) in [5.74, 6) is 0.148. The molecule has 42 heavy (non-hydrogen) atoms. The van der Waals surface area contributed by atoms with Gasteiger partial charge in [0.15, 0.2) is 5.78 Å². The van der Waals surface area contributed by atoms with Gasteiger partial charge in [0.05, 0.1) is 6.10 Å². The van der Waals surface area contributed by atoms with Gasteiger partial charge >= 0.3 is 5.97 Å². The maximum atomic E-state index is 14.5. The molecule has 6 heteroatoms. The van der Waals surface area contributed by atoms with Gasteiger partial charge in [-0.25, -0.2) is 0 Å². The Morgan fingerprint density at radius 1 is 0.905 bits per heavy atom. The quantitative estimate of drug-likeness (QED) is 0.278. The molecule has 5 aliphatic carbocycles. The number of hydrogen-bond donors (Lipinski definition) is 3. The number of carbonyl (C=O) groups excluding carboxylic acids is 2. The number of carboxylic acids is 1. The normalized spacial score (nSPS) is 45.9. The molecule has 0 unspecified atom stereocenters. The molecule has 0 aliphatic heterocycles. The number of ketones is 1. The lowest BCUT2D eigenvalue weighted by atomic mass is 9.33. The molecule has 0 heterocycles. The van der Waals surface area contributed by atoms with Crippen LogP contribution in [0.1, 0.15) is 132 Å². The van der Waals surface area contributed by atoms with Crippen LogP contribution >= 0.6 is 0 Å². The van der Waals surface area contributed by atoms with Crippen LogP contribution < -0.4 is 5.32 Å². The molecule has 5 rings (SSSR count). The van der Waals surface area contributed by atoms with Crippen LogP contribution in [0.25, 0.3) is 0 Å². The molecular formula is C36H57NO5. The Balaban J connectivity index is 1.41. The zero-order valence-corrected chi connectivity index (χ0v) is 27.4. The number of carbonyl (C=O) groups is 3. The van der Waals surface area contributed by atoms with Crippen LogP contribution in [0, 0.1) is 50.2 Å². The molecule has 4 saturated carbocycles. The number of aliphatic carboxylic acids is 1. The van der Waals surface area contributed by atoms with Crippen molar-refractivity contribution in [3.8, 4) is 0 Å². The molecule has 0 spiro atoms. The van der Waals surface area contributed by atoms with Crippen molar-refractivity contribution in [3.05, 3.63) is 11.6 Å². The number of aliphatic hydroxyl groups excluding tert-OH is 1. The molecule has 0 saturated heterocycles. The Morgan fingerprint density at radius 3 is 2.29 bits per heavy atom. The second-order valence-corrected chi connectivity index (χ2v) is 17.1. The van der Waals surface area contributed by atoms with Gasteiger partial charge in [-0.1, -0.05) is 60.5 Å². The predicted octanol–water partition coefficient (Wildman–Crippen LogP) is 7.09. The number of carboxylic acid groups (broad SMARTS) is 1. The third kappa shape index (κ3) is 4.63. The lowest BCUT2D eigenvalue weighted by molar-refractivity contribution is -0.202. The first-order valence-electron chi connectivity index (χ1n) is 16.9. The molecule has 0 aromatic heterocycles. The fourth-order valence-corrected chi connectivity index (χ4v) is 11.4. The highest BCUT2D eigenvalue weighted by Gasteiger charge is 2.70. The minimum Gasteiger partial charge on any atom is -0.481 e. The Hall–Kier alpha value is -1.69. The third-order valence-corrected chi connectivity index (χ3v) is 14.5. The molecule has 3 N–H and O–H groups in total. The smallest absolute Gasteiger partial charge is 0.303 e. The summed E-state index contributed by atoms with van der Waals surface area (Å²) >= 11 is 0. The molecule has 4 fully saturated rings. The van der Waals surface area contributed by atoms with Gasteiger partial charge < -0.3 is 15.5 Å². The number of aliphatic hydroxyl groups is 1. The summed E-state index contributed by atoms with van der Waals surface area (Å²) in [6, 6.07) is 0. The van der Waals surface area contributed by atoms with Gasteiger partial charge in [-0.3, -0.25) is 14.4 Å². The maximum Gasteiger partial charge on any atom is 0.303 e. The lowest BCUT2D eigenvalue weighted by Crippen LogP contribution is -2.66. The first kappa shape index (κ1) is 31.7. The molecule has 5 aliphatic rings. The van der Waals surface area contributed by atoms with Gasteiger partial charge in [-0.05, 0) is 116 Å². The molecule has 1 amide bonds. The number of amides is 1. The van der Waals surface area contributed by atoms with E-state index in [1.165, 1.54) is 5.57 Å². The summed E-state index contributed by atoms with van der Waals surface area (Å²) in [6.45, 7) is 16.8. The average molecular weight is 584 g/mol. The fraction of sp³-hybridized carbons (Fsp3) is 0.861. The Bertz CT molecular complexity index is 1160. The van der Waals surface area contributed by atoms with Crippen molar-refractivity contribution in [2.45, 2.75) is 138 Å². The van der Waals surface area contributed by atoms with Gasteiger partial charge in [0.2, 0.25) is 5.91 Å². The van der Waals surface area contributed by atoms with Crippen LogP contribution in [0.3, 0.4) is 0 Å². The zero-order chi connectivity index (χ0) is 30.9. The van der Waals surface area contributed by atoms with Gasteiger partial charge in [0, 0.05) is 24.3 Å². The van der Waals surface area contributed by atoms with Crippen LogP contribution in [-0.4, -0.2) is 40.5 Å². The Morgan fingerprint density at radius 2 is 1.60 bits per heavy atom. The van der Waals surface area contributed by atoms with Crippen molar-refractivity contribution in [1.82, 2.24) is 5.32 Å². The Kier molecular flexibility index (Phi) is 7.89. The van der Waals surface area contributed by atoms with E-state index in [4.69, 9.17) is 5.11 Å². The summed E-state index contributed by atoms with van der Waals surface area (Å²) in [6.07, 6.45) is 12.8. The average Bonchev–Trinajstić information content (AvgIpc) is 2.90. The Labute approximate surface area is 253 Å². The van der Waals surface area contributed by atoms with Crippen molar-refractivity contribution in [1.29, 1.82) is 0 Å². The largest absolute Gasteiger partial charge is 0.481 e. The molecule has 0 bridgehead atoms. The standard InChI is InChI=1S/C36H57NO5/c1-31(2)26-12-15-36(7)29(34(26,5)14-13-27(31)39)25(38)21-23-24-22-33(4,17-16-32(24,3)18-19-35(23,36)6)30(42)37-20-10-8-9-11-28(40)41/h21,24,26-27,29,39H,8-20,22H2,1-7H3,(H,37,42)(H,40,41)/t24-,26-,27-,29+,32+,33-,34-,35+,36+/m0/s1. The van der Waals surface area contributed by atoms with Gasteiger partial charge in [0.1, 0.15) is 0 Å². The molecule has 6 nitrogen and oxygen atoms in total. The van der Waals surface area contributed by atoms with E-state index in [1.54, 1.807) is 0 Å². The molecule has 0 aromatic carbocycles. The number of hydrogen-bond acceptors (Lipinski definition) is 4. The molecule has 0 radical (unpaired) electrons. The van der Waals surface area contributed by atoms with E-state index < -0.39 is 11.4 Å². The molecule has 0 aromatic rings. The number of rotatable bonds is 7. The number of fused-ring (bicyclic) bond motifs is 7. The van der Waals surface area contributed by atoms with Gasteiger partial charge in [-0.15, -0.1) is 0 Å². The zero-order valence-electron chi connectivity index (χ0n) is 27.4. The molecule has 9 atom stereocenters. The third-order valence-electron chi connectivity index (χ3n) is 14.5. The highest BCUT2D eigenvalue weighted by Crippen LogP contribution is 2.75. The first-order chi connectivity index (χ1) is 19.4. The minimum absolute atomic E-state index is 0.0342. The minimum atomic E-state index is -0.768. The second-order valence-electron chi connectivity index (χ2n) is 17.1. The number of allylic oxidation sites excluding steroid dienone is 2. The van der Waals surface area contributed by atoms with E-state index in [-0.39, 0.29) is 57.3 Å². The van der Waals surface area contributed by atoms with Gasteiger partial charge in [0.25, 0.3) is 0 Å². The summed E-state index contributed by atoms with van der Waals surface area (Å²) in [5.41, 5.74) is 0.420. The summed E-state index contributed by atoms with van der Waals surface area (Å²) in [4.78, 5) is 38.9. The first-order valence-corrected chi connectivity index (χ1v) is 16.9. The van der Waals surface area contributed by atoms with Crippen LogP contribution in [0.2, 0.25) is 0 Å². The molecule has 236 valence electrons. The van der Waals surface area contributed by atoms with Crippen molar-refractivity contribution in [2.75, 3.05) is 6.54 Å². The molecular weight excluding hydrogens is 526 g/mol. The van der Waals surface area contributed by atoms with Crippen LogP contribution in [0.5, 0.6) is 0 Å². The fourth-order valence-electron chi connectivity index (χ4n) is 11.4. The van der Waals surface area contributed by atoms with E-state index in [2.05, 4.69) is 59.9 Å². The van der Waals surface area contributed by atoms with Crippen LogP contribution in [-0.2, 0) is 14.4 Å². The van der Waals surface area contributed by atoms with Crippen molar-refractivity contribution < 1.29 is 24.6 Å². The van der Waals surface area contributed by atoms with E-state index in [0.29, 0.717) is 24.7 Å². The summed E-state index contributed by atoms with van der Waals surface area (Å²) in [7, 11) is 0. The van der Waals surface area contributed by atoms with E-state index in [9.17, 15) is 19.5 Å². The lowest BCUT2D eigenvalue weighted by Gasteiger charge is -2.70. The maximum absolute atomic E-state index is 14.5. The van der Waals surface area contributed by atoms with E-state index >= 15 is 0 Å². The van der Waals surface area contributed by atoms with Crippen molar-refractivity contribution in [3.63, 3.8) is 0 Å². The number of nitrogens with one attached hydrogen (secondary N) is 1. The second kappa shape index (κ2) is 10.4. The summed E-state index contributed by atoms with van der Waals surface area (Å²) in [5, 5.41) is 23.0. The van der Waals surface area contributed by atoms with Crippen molar-refractivity contribution >= 4 is 17.7 Å². The number of unbranched alkanes of at least 4 members (excludes halogenated alkanes) is 2. The SMILES string of the molecule is CC1(C)[C@@H](O)CC[C@]2(C)[C@H]3C(=O)C=C4[C@@H]5C[C@@](C)(C(=O)NCCCCCC(=O)O)CC[C@]5(C)CC[C@@]4(C)[C@]3(C)CC[C@@H]12.